The van der Waals surface area contributed by atoms with E-state index in [1.165, 1.54) is 12.1 Å². The van der Waals surface area contributed by atoms with Crippen molar-refractivity contribution in [2.24, 2.45) is 5.92 Å². The molecule has 20 heavy (non-hydrogen) atoms. The van der Waals surface area contributed by atoms with Crippen LogP contribution in [0.4, 0.5) is 10.1 Å². The van der Waals surface area contributed by atoms with Gasteiger partial charge in [-0.15, -0.1) is 0 Å². The van der Waals surface area contributed by atoms with Crippen molar-refractivity contribution in [1.82, 2.24) is 4.90 Å². The summed E-state index contributed by atoms with van der Waals surface area (Å²) < 4.78 is 13.9. The first kappa shape index (κ1) is 16.4. The van der Waals surface area contributed by atoms with E-state index in [2.05, 4.69) is 19.2 Å². The number of benzene rings is 1. The van der Waals surface area contributed by atoms with E-state index in [1.807, 2.05) is 19.0 Å². The van der Waals surface area contributed by atoms with Crippen molar-refractivity contribution >= 4 is 11.7 Å². The minimum Gasteiger partial charge on any atom is -0.478 e. The maximum Gasteiger partial charge on any atom is 0.335 e. The number of carbonyl (C=O) groups is 1. The molecule has 2 N–H and O–H groups in total. The molecule has 0 saturated carbocycles. The number of carboxylic acid groups (broad SMARTS) is 1. The van der Waals surface area contributed by atoms with Crippen molar-refractivity contribution in [3.63, 3.8) is 0 Å². The van der Waals surface area contributed by atoms with Gasteiger partial charge in [0.25, 0.3) is 0 Å². The van der Waals surface area contributed by atoms with Crippen molar-refractivity contribution < 1.29 is 14.3 Å². The first-order valence-electron chi connectivity index (χ1n) is 6.73. The zero-order valence-electron chi connectivity index (χ0n) is 12.5. The fraction of sp³-hybridized carbons (Fsp3) is 0.533. The van der Waals surface area contributed by atoms with E-state index in [-0.39, 0.29) is 11.6 Å². The highest BCUT2D eigenvalue weighted by Gasteiger charge is 2.15. The maximum absolute atomic E-state index is 13.9. The van der Waals surface area contributed by atoms with Crippen molar-refractivity contribution in [2.75, 3.05) is 26.0 Å². The second-order valence-corrected chi connectivity index (χ2v) is 5.73. The third-order valence-corrected chi connectivity index (χ3v) is 2.92. The van der Waals surface area contributed by atoms with Crippen LogP contribution in [0, 0.1) is 11.7 Å². The van der Waals surface area contributed by atoms with Gasteiger partial charge in [-0.1, -0.05) is 13.8 Å². The fourth-order valence-corrected chi connectivity index (χ4v) is 2.17. The molecule has 112 valence electrons. The van der Waals surface area contributed by atoms with Crippen LogP contribution in [0.15, 0.2) is 18.2 Å². The number of hydrogen-bond acceptors (Lipinski definition) is 3. The average Bonchev–Trinajstić information content (AvgIpc) is 2.29. The molecule has 0 aliphatic heterocycles. The number of rotatable bonds is 7. The molecule has 4 nitrogen and oxygen atoms in total. The van der Waals surface area contributed by atoms with Crippen LogP contribution in [0.2, 0.25) is 0 Å². The molecule has 0 aromatic heterocycles. The van der Waals surface area contributed by atoms with Crippen molar-refractivity contribution in [1.29, 1.82) is 0 Å². The Labute approximate surface area is 119 Å². The number of nitrogens with one attached hydrogen (secondary N) is 1. The van der Waals surface area contributed by atoms with E-state index in [4.69, 9.17) is 5.11 Å². The van der Waals surface area contributed by atoms with Crippen LogP contribution in [-0.2, 0) is 0 Å². The fourth-order valence-electron chi connectivity index (χ4n) is 2.17. The number of likely N-dealkylation sites (N-methyl/N-ethyl adjacent to an activating group) is 1. The molecule has 1 aromatic rings. The molecule has 5 heteroatoms. The van der Waals surface area contributed by atoms with Gasteiger partial charge < -0.3 is 15.3 Å². The number of anilines is 1. The van der Waals surface area contributed by atoms with E-state index >= 15 is 0 Å². The minimum atomic E-state index is -1.12. The van der Waals surface area contributed by atoms with Crippen LogP contribution in [0.1, 0.15) is 30.6 Å². The van der Waals surface area contributed by atoms with Gasteiger partial charge >= 0.3 is 5.97 Å². The summed E-state index contributed by atoms with van der Waals surface area (Å²) in [6, 6.07) is 4.07. The number of carboxylic acids is 1. The normalized spacial score (nSPS) is 12.8. The highest BCUT2D eigenvalue weighted by atomic mass is 19.1. The Bertz CT molecular complexity index is 451. The summed E-state index contributed by atoms with van der Waals surface area (Å²) in [5.74, 6) is -1.16. The van der Waals surface area contributed by atoms with E-state index in [0.29, 0.717) is 11.6 Å². The first-order valence-corrected chi connectivity index (χ1v) is 6.73. The number of halogens is 1. The van der Waals surface area contributed by atoms with E-state index in [1.54, 1.807) is 0 Å². The van der Waals surface area contributed by atoms with Gasteiger partial charge in [0.1, 0.15) is 5.82 Å². The molecular weight excluding hydrogens is 259 g/mol. The van der Waals surface area contributed by atoms with Gasteiger partial charge in [0, 0.05) is 12.6 Å². The van der Waals surface area contributed by atoms with Crippen LogP contribution >= 0.6 is 0 Å². The Hall–Kier alpha value is -1.62. The second-order valence-electron chi connectivity index (χ2n) is 5.73. The van der Waals surface area contributed by atoms with Gasteiger partial charge in [-0.05, 0) is 44.6 Å². The predicted molar refractivity (Wildman–Crippen MR) is 78.8 cm³/mol. The smallest absolute Gasteiger partial charge is 0.335 e. The van der Waals surface area contributed by atoms with E-state index in [9.17, 15) is 9.18 Å². The highest BCUT2D eigenvalue weighted by Crippen LogP contribution is 2.19. The SMILES string of the molecule is CC(C)CC(CN(C)C)Nc1ccc(C(=O)O)cc1F. The van der Waals surface area contributed by atoms with Crippen LogP contribution in [-0.4, -0.2) is 42.7 Å². The first-order chi connectivity index (χ1) is 9.29. The van der Waals surface area contributed by atoms with Crippen molar-refractivity contribution in [2.45, 2.75) is 26.3 Å². The molecule has 1 rings (SSSR count). The third-order valence-electron chi connectivity index (χ3n) is 2.92. The summed E-state index contributed by atoms with van der Waals surface area (Å²) in [6.45, 7) is 5.03. The van der Waals surface area contributed by atoms with Gasteiger partial charge in [0.05, 0.1) is 11.3 Å². The van der Waals surface area contributed by atoms with Crippen LogP contribution in [0.5, 0.6) is 0 Å². The molecule has 0 fully saturated rings. The molecule has 0 aliphatic carbocycles. The molecule has 0 aliphatic rings. The maximum atomic E-state index is 13.9. The summed E-state index contributed by atoms with van der Waals surface area (Å²) in [7, 11) is 3.94. The van der Waals surface area contributed by atoms with Crippen molar-refractivity contribution in [3.05, 3.63) is 29.6 Å². The molecule has 0 heterocycles. The Kier molecular flexibility index (Phi) is 5.95. The Balaban J connectivity index is 2.84. The Morgan fingerprint density at radius 2 is 2.05 bits per heavy atom. The molecule has 1 aromatic carbocycles. The van der Waals surface area contributed by atoms with Gasteiger partial charge in [-0.3, -0.25) is 0 Å². The zero-order valence-corrected chi connectivity index (χ0v) is 12.5. The van der Waals surface area contributed by atoms with Crippen LogP contribution < -0.4 is 5.32 Å². The van der Waals surface area contributed by atoms with Crippen LogP contribution in [0.3, 0.4) is 0 Å². The lowest BCUT2D eigenvalue weighted by Crippen LogP contribution is -2.33. The lowest BCUT2D eigenvalue weighted by molar-refractivity contribution is 0.0696. The Morgan fingerprint density at radius 1 is 1.40 bits per heavy atom. The predicted octanol–water partition coefficient (Wildman–Crippen LogP) is 2.91. The lowest BCUT2D eigenvalue weighted by atomic mass is 10.0. The third kappa shape index (κ3) is 5.17. The molecule has 1 unspecified atom stereocenters. The quantitative estimate of drug-likeness (QED) is 0.807. The van der Waals surface area contributed by atoms with E-state index < -0.39 is 11.8 Å². The van der Waals surface area contributed by atoms with E-state index in [0.717, 1.165) is 19.0 Å². The molecule has 0 saturated heterocycles. The average molecular weight is 282 g/mol. The Morgan fingerprint density at radius 3 is 2.50 bits per heavy atom. The number of aromatic carboxylic acids is 1. The molecule has 0 radical (unpaired) electrons. The monoisotopic (exact) mass is 282 g/mol. The molecule has 0 bridgehead atoms. The molecule has 0 amide bonds. The van der Waals surface area contributed by atoms with Crippen molar-refractivity contribution in [3.8, 4) is 0 Å². The second kappa shape index (κ2) is 7.24. The summed E-state index contributed by atoms with van der Waals surface area (Å²) >= 11 is 0. The number of hydrogen-bond donors (Lipinski definition) is 2. The summed E-state index contributed by atoms with van der Waals surface area (Å²) in [4.78, 5) is 12.8. The zero-order chi connectivity index (χ0) is 15.3. The minimum absolute atomic E-state index is 0.0407. The van der Waals surface area contributed by atoms with Crippen LogP contribution in [0.25, 0.3) is 0 Å². The topological polar surface area (TPSA) is 52.6 Å². The largest absolute Gasteiger partial charge is 0.478 e. The summed E-state index contributed by atoms with van der Waals surface area (Å²) in [5.41, 5.74) is 0.309. The highest BCUT2D eigenvalue weighted by molar-refractivity contribution is 5.88. The molecule has 0 spiro atoms. The lowest BCUT2D eigenvalue weighted by Gasteiger charge is -2.25. The van der Waals surface area contributed by atoms with Gasteiger partial charge in [-0.2, -0.15) is 0 Å². The number of nitrogens with zero attached hydrogens (tertiary/aromatic N) is 1. The van der Waals surface area contributed by atoms with Gasteiger partial charge in [-0.25, -0.2) is 9.18 Å². The van der Waals surface area contributed by atoms with Gasteiger partial charge in [0.2, 0.25) is 0 Å². The standard InChI is InChI=1S/C15H23FN2O2/c1-10(2)7-12(9-18(3)4)17-14-6-5-11(15(19)20)8-13(14)16/h5-6,8,10,12,17H,7,9H2,1-4H3,(H,19,20). The van der Waals surface area contributed by atoms with Gasteiger partial charge in [0.15, 0.2) is 0 Å². The molecular formula is C15H23FN2O2. The summed E-state index contributed by atoms with van der Waals surface area (Å²) in [5, 5.41) is 12.0. The summed E-state index contributed by atoms with van der Waals surface area (Å²) in [6.07, 6.45) is 0.915. The molecule has 1 atom stereocenters.